The van der Waals surface area contributed by atoms with Crippen LogP contribution in [0.15, 0.2) is 17.2 Å². The average Bonchev–Trinajstić information content (AvgIpc) is 2.08. The SMILES string of the molecule is CC(C)C(=N)n1cc[nH]c(=O)c1=N. The van der Waals surface area contributed by atoms with Crippen LogP contribution in [0.3, 0.4) is 0 Å². The average molecular weight is 180 g/mol. The number of aromatic amines is 1. The summed E-state index contributed by atoms with van der Waals surface area (Å²) >= 11 is 0. The van der Waals surface area contributed by atoms with Gasteiger partial charge in [-0.15, -0.1) is 0 Å². The van der Waals surface area contributed by atoms with Gasteiger partial charge in [-0.25, -0.2) is 0 Å². The number of hydrogen-bond donors (Lipinski definition) is 3. The van der Waals surface area contributed by atoms with Crippen molar-refractivity contribution in [3.8, 4) is 0 Å². The Hall–Kier alpha value is -1.65. The molecule has 1 heterocycles. The second-order valence-electron chi connectivity index (χ2n) is 3.05. The van der Waals surface area contributed by atoms with Gasteiger partial charge in [-0.2, -0.15) is 0 Å². The zero-order chi connectivity index (χ0) is 10.0. The van der Waals surface area contributed by atoms with Crippen LogP contribution in [0.4, 0.5) is 0 Å². The first-order chi connectivity index (χ1) is 6.04. The maximum Gasteiger partial charge on any atom is 0.291 e. The summed E-state index contributed by atoms with van der Waals surface area (Å²) in [5, 5.41) is 15.0. The lowest BCUT2D eigenvalue weighted by atomic mass is 10.2. The van der Waals surface area contributed by atoms with Gasteiger partial charge in [0.25, 0.3) is 5.56 Å². The van der Waals surface area contributed by atoms with Crippen LogP contribution >= 0.6 is 0 Å². The highest BCUT2D eigenvalue weighted by molar-refractivity contribution is 5.82. The normalized spacial score (nSPS) is 10.4. The standard InChI is InChI=1S/C8H12N4O/c1-5(2)6(9)12-4-3-11-8(13)7(12)10/h3-5,9-10H,1-2H3,(H,11,13). The van der Waals surface area contributed by atoms with E-state index in [1.807, 2.05) is 13.8 Å². The Balaban J connectivity index is 3.32. The van der Waals surface area contributed by atoms with Gasteiger partial charge in [0.15, 0.2) is 5.49 Å². The van der Waals surface area contributed by atoms with Crippen molar-refractivity contribution >= 4 is 5.84 Å². The molecule has 1 aromatic heterocycles. The molecule has 0 bridgehead atoms. The van der Waals surface area contributed by atoms with E-state index < -0.39 is 5.56 Å². The van der Waals surface area contributed by atoms with Crippen LogP contribution in [-0.4, -0.2) is 15.4 Å². The Morgan fingerprint density at radius 2 is 2.23 bits per heavy atom. The molecule has 70 valence electrons. The summed E-state index contributed by atoms with van der Waals surface area (Å²) in [4.78, 5) is 13.4. The van der Waals surface area contributed by atoms with E-state index in [9.17, 15) is 4.79 Å². The van der Waals surface area contributed by atoms with E-state index in [2.05, 4.69) is 4.98 Å². The third-order valence-corrected chi connectivity index (χ3v) is 1.70. The highest BCUT2D eigenvalue weighted by Gasteiger charge is 2.06. The van der Waals surface area contributed by atoms with Crippen LogP contribution in [0.1, 0.15) is 13.8 Å². The van der Waals surface area contributed by atoms with Crippen LogP contribution in [0.25, 0.3) is 0 Å². The zero-order valence-corrected chi connectivity index (χ0v) is 7.59. The summed E-state index contributed by atoms with van der Waals surface area (Å²) in [5.74, 6) is 0.243. The van der Waals surface area contributed by atoms with Crippen molar-refractivity contribution in [2.24, 2.45) is 5.92 Å². The van der Waals surface area contributed by atoms with Crippen LogP contribution < -0.4 is 11.0 Å². The van der Waals surface area contributed by atoms with Crippen molar-refractivity contribution in [1.29, 1.82) is 10.8 Å². The number of hydrogen-bond acceptors (Lipinski definition) is 3. The molecule has 0 aromatic carbocycles. The van der Waals surface area contributed by atoms with Crippen molar-refractivity contribution < 1.29 is 0 Å². The van der Waals surface area contributed by atoms with E-state index in [-0.39, 0.29) is 17.2 Å². The minimum absolute atomic E-state index is 0.00380. The molecule has 0 aliphatic carbocycles. The fraction of sp³-hybridized carbons (Fsp3) is 0.375. The molecule has 0 atom stereocenters. The smallest absolute Gasteiger partial charge is 0.291 e. The lowest BCUT2D eigenvalue weighted by Crippen LogP contribution is -2.40. The topological polar surface area (TPSA) is 85.5 Å². The van der Waals surface area contributed by atoms with E-state index in [1.54, 1.807) is 0 Å². The number of aromatic nitrogens is 2. The summed E-state index contributed by atoms with van der Waals surface area (Å²) in [6.07, 6.45) is 2.93. The highest BCUT2D eigenvalue weighted by Crippen LogP contribution is 1.94. The maximum atomic E-state index is 11.0. The molecule has 0 aliphatic rings. The zero-order valence-electron chi connectivity index (χ0n) is 7.59. The molecular formula is C8H12N4O. The molecule has 0 saturated carbocycles. The Kier molecular flexibility index (Phi) is 2.46. The molecule has 0 radical (unpaired) electrons. The molecular weight excluding hydrogens is 168 g/mol. The molecule has 3 N–H and O–H groups in total. The van der Waals surface area contributed by atoms with Crippen LogP contribution in [0.2, 0.25) is 0 Å². The molecule has 1 aromatic rings. The first-order valence-electron chi connectivity index (χ1n) is 3.97. The van der Waals surface area contributed by atoms with Gasteiger partial charge in [0, 0.05) is 18.3 Å². The first kappa shape index (κ1) is 9.44. The summed E-state index contributed by atoms with van der Waals surface area (Å²) in [6, 6.07) is 0. The molecule has 0 amide bonds. The Bertz CT molecular complexity index is 426. The van der Waals surface area contributed by atoms with Crippen molar-refractivity contribution in [3.63, 3.8) is 0 Å². The molecule has 5 heteroatoms. The maximum absolute atomic E-state index is 11.0. The van der Waals surface area contributed by atoms with Crippen LogP contribution in [0, 0.1) is 16.7 Å². The van der Waals surface area contributed by atoms with Crippen LogP contribution in [-0.2, 0) is 0 Å². The molecule has 13 heavy (non-hydrogen) atoms. The van der Waals surface area contributed by atoms with Gasteiger partial charge in [0.1, 0.15) is 5.84 Å². The third-order valence-electron chi connectivity index (χ3n) is 1.70. The van der Waals surface area contributed by atoms with Gasteiger partial charge in [0.05, 0.1) is 0 Å². The van der Waals surface area contributed by atoms with Crippen LogP contribution in [0.5, 0.6) is 0 Å². The fourth-order valence-electron chi connectivity index (χ4n) is 0.919. The number of nitrogens with one attached hydrogen (secondary N) is 3. The van der Waals surface area contributed by atoms with E-state index >= 15 is 0 Å². The highest BCUT2D eigenvalue weighted by atomic mass is 16.1. The van der Waals surface area contributed by atoms with E-state index in [4.69, 9.17) is 10.8 Å². The Labute approximate surface area is 75.1 Å². The Morgan fingerprint density at radius 1 is 1.62 bits per heavy atom. The molecule has 5 nitrogen and oxygen atoms in total. The quantitative estimate of drug-likeness (QED) is 0.416. The number of nitrogens with zero attached hydrogens (tertiary/aromatic N) is 1. The predicted molar refractivity (Wildman–Crippen MR) is 48.9 cm³/mol. The molecule has 0 unspecified atom stereocenters. The number of rotatable bonds is 1. The van der Waals surface area contributed by atoms with Gasteiger partial charge >= 0.3 is 0 Å². The largest absolute Gasteiger partial charge is 0.324 e. The molecule has 0 fully saturated rings. The fourth-order valence-corrected chi connectivity index (χ4v) is 0.919. The third kappa shape index (κ3) is 1.74. The first-order valence-corrected chi connectivity index (χ1v) is 3.97. The van der Waals surface area contributed by atoms with Crippen molar-refractivity contribution in [2.45, 2.75) is 13.8 Å². The van der Waals surface area contributed by atoms with E-state index in [1.165, 1.54) is 17.0 Å². The molecule has 0 spiro atoms. The van der Waals surface area contributed by atoms with Crippen molar-refractivity contribution in [2.75, 3.05) is 0 Å². The second kappa shape index (κ2) is 3.38. The minimum atomic E-state index is -0.479. The monoisotopic (exact) mass is 180 g/mol. The van der Waals surface area contributed by atoms with Gasteiger partial charge in [-0.05, 0) is 0 Å². The van der Waals surface area contributed by atoms with E-state index in [0.29, 0.717) is 0 Å². The van der Waals surface area contributed by atoms with Crippen molar-refractivity contribution in [3.05, 3.63) is 28.2 Å². The summed E-state index contributed by atoms with van der Waals surface area (Å²) in [5.41, 5.74) is -0.686. The summed E-state index contributed by atoms with van der Waals surface area (Å²) in [7, 11) is 0. The van der Waals surface area contributed by atoms with Crippen molar-refractivity contribution in [1.82, 2.24) is 9.55 Å². The van der Waals surface area contributed by atoms with Gasteiger partial charge < -0.3 is 4.98 Å². The van der Waals surface area contributed by atoms with Gasteiger partial charge in [-0.3, -0.25) is 20.2 Å². The summed E-state index contributed by atoms with van der Waals surface area (Å²) < 4.78 is 1.27. The lowest BCUT2D eigenvalue weighted by Gasteiger charge is -2.09. The minimum Gasteiger partial charge on any atom is -0.324 e. The lowest BCUT2D eigenvalue weighted by molar-refractivity contribution is 0.784. The van der Waals surface area contributed by atoms with Gasteiger partial charge in [-0.1, -0.05) is 13.8 Å². The van der Waals surface area contributed by atoms with Gasteiger partial charge in [0.2, 0.25) is 0 Å². The Morgan fingerprint density at radius 3 is 2.77 bits per heavy atom. The summed E-state index contributed by atoms with van der Waals surface area (Å²) in [6.45, 7) is 3.69. The van der Waals surface area contributed by atoms with E-state index in [0.717, 1.165) is 0 Å². The number of H-pyrrole nitrogens is 1. The molecule has 0 aliphatic heterocycles. The second-order valence-corrected chi connectivity index (χ2v) is 3.05. The predicted octanol–water partition coefficient (Wildman–Crippen LogP) is 0.137. The molecule has 0 saturated heterocycles. The molecule has 1 rings (SSSR count).